The summed E-state index contributed by atoms with van der Waals surface area (Å²) in [6.45, 7) is 0. The number of hydrogen-bond donors (Lipinski definition) is 1. The molecular formula is C16H14N4OS. The molecule has 0 aliphatic rings. The number of carbonyl (C=O) groups is 1. The second-order valence-electron chi connectivity index (χ2n) is 4.57. The molecule has 110 valence electrons. The zero-order chi connectivity index (χ0) is 15.4. The zero-order valence-electron chi connectivity index (χ0n) is 11.9. The third kappa shape index (κ3) is 3.17. The molecule has 0 spiro atoms. The van der Waals surface area contributed by atoms with Crippen LogP contribution in [0.15, 0.2) is 66.1 Å². The van der Waals surface area contributed by atoms with E-state index in [1.54, 1.807) is 34.9 Å². The molecule has 6 heteroatoms. The van der Waals surface area contributed by atoms with Gasteiger partial charge in [-0.25, -0.2) is 9.67 Å². The van der Waals surface area contributed by atoms with E-state index in [-0.39, 0.29) is 5.91 Å². The van der Waals surface area contributed by atoms with Crippen molar-refractivity contribution in [3.05, 3.63) is 66.7 Å². The van der Waals surface area contributed by atoms with Gasteiger partial charge in [-0.1, -0.05) is 0 Å². The molecule has 1 N–H and O–H groups in total. The molecule has 1 heterocycles. The van der Waals surface area contributed by atoms with Gasteiger partial charge in [0.2, 0.25) is 0 Å². The van der Waals surface area contributed by atoms with Crippen molar-refractivity contribution in [2.45, 2.75) is 4.90 Å². The lowest BCUT2D eigenvalue weighted by molar-refractivity contribution is 0.102. The fraction of sp³-hybridized carbons (Fsp3) is 0.0625. The first-order valence-electron chi connectivity index (χ1n) is 6.67. The highest BCUT2D eigenvalue weighted by molar-refractivity contribution is 7.98. The van der Waals surface area contributed by atoms with Gasteiger partial charge in [-0.15, -0.1) is 11.8 Å². The molecule has 0 aliphatic heterocycles. The highest BCUT2D eigenvalue weighted by Gasteiger charge is 2.06. The number of benzene rings is 2. The lowest BCUT2D eigenvalue weighted by atomic mass is 10.2. The number of aromatic nitrogens is 3. The van der Waals surface area contributed by atoms with E-state index in [1.807, 2.05) is 42.7 Å². The molecule has 2 aromatic carbocycles. The van der Waals surface area contributed by atoms with Crippen molar-refractivity contribution in [1.82, 2.24) is 14.8 Å². The number of carbonyl (C=O) groups excluding carboxylic acids is 1. The molecule has 0 radical (unpaired) electrons. The molecule has 0 unspecified atom stereocenters. The standard InChI is InChI=1S/C16H14N4OS/c1-22-15-8-4-13(5-9-15)19-16(21)12-2-6-14(7-3-12)20-11-17-10-18-20/h2-11H,1H3,(H,19,21). The van der Waals surface area contributed by atoms with Crippen LogP contribution in [-0.2, 0) is 0 Å². The smallest absolute Gasteiger partial charge is 0.255 e. The fourth-order valence-electron chi connectivity index (χ4n) is 1.98. The summed E-state index contributed by atoms with van der Waals surface area (Å²) < 4.78 is 1.64. The molecule has 22 heavy (non-hydrogen) atoms. The number of nitrogens with zero attached hydrogens (tertiary/aromatic N) is 3. The minimum atomic E-state index is -0.137. The van der Waals surface area contributed by atoms with Crippen LogP contribution in [-0.4, -0.2) is 26.9 Å². The molecule has 1 amide bonds. The van der Waals surface area contributed by atoms with Crippen LogP contribution in [0.5, 0.6) is 0 Å². The number of amides is 1. The average Bonchev–Trinajstić information content (AvgIpc) is 3.10. The minimum absolute atomic E-state index is 0.137. The molecule has 3 aromatic rings. The first-order valence-corrected chi connectivity index (χ1v) is 7.89. The molecule has 0 fully saturated rings. The average molecular weight is 310 g/mol. The number of rotatable bonds is 4. The number of thioether (sulfide) groups is 1. The summed E-state index contributed by atoms with van der Waals surface area (Å²) >= 11 is 1.67. The van der Waals surface area contributed by atoms with Crippen LogP contribution in [0.3, 0.4) is 0 Å². The van der Waals surface area contributed by atoms with E-state index in [4.69, 9.17) is 0 Å². The topological polar surface area (TPSA) is 59.8 Å². The molecule has 5 nitrogen and oxygen atoms in total. The van der Waals surface area contributed by atoms with Gasteiger partial charge < -0.3 is 5.32 Å². The molecule has 0 saturated heterocycles. The number of hydrogen-bond acceptors (Lipinski definition) is 4. The second kappa shape index (κ2) is 6.44. The van der Waals surface area contributed by atoms with Gasteiger partial charge in [0, 0.05) is 16.1 Å². The van der Waals surface area contributed by atoms with Gasteiger partial charge in [-0.2, -0.15) is 5.10 Å². The van der Waals surface area contributed by atoms with Crippen molar-refractivity contribution in [3.63, 3.8) is 0 Å². The van der Waals surface area contributed by atoms with Crippen LogP contribution in [0.1, 0.15) is 10.4 Å². The van der Waals surface area contributed by atoms with Gasteiger partial charge >= 0.3 is 0 Å². The second-order valence-corrected chi connectivity index (χ2v) is 5.45. The van der Waals surface area contributed by atoms with Gasteiger partial charge in [0.05, 0.1) is 5.69 Å². The van der Waals surface area contributed by atoms with E-state index in [0.29, 0.717) is 5.56 Å². The van der Waals surface area contributed by atoms with Gasteiger partial charge in [-0.3, -0.25) is 4.79 Å². The maximum Gasteiger partial charge on any atom is 0.255 e. The lowest BCUT2D eigenvalue weighted by Gasteiger charge is -2.07. The van der Waals surface area contributed by atoms with E-state index >= 15 is 0 Å². The van der Waals surface area contributed by atoms with Crippen molar-refractivity contribution in [3.8, 4) is 5.69 Å². The number of nitrogens with one attached hydrogen (secondary N) is 1. The van der Waals surface area contributed by atoms with E-state index in [0.717, 1.165) is 16.3 Å². The van der Waals surface area contributed by atoms with Crippen LogP contribution < -0.4 is 5.32 Å². The molecule has 0 aliphatic carbocycles. The summed E-state index contributed by atoms with van der Waals surface area (Å²) in [4.78, 5) is 17.3. The zero-order valence-corrected chi connectivity index (χ0v) is 12.7. The van der Waals surface area contributed by atoms with E-state index in [1.165, 1.54) is 6.33 Å². The Morgan fingerprint density at radius 1 is 1.09 bits per heavy atom. The summed E-state index contributed by atoms with van der Waals surface area (Å²) in [7, 11) is 0. The Kier molecular flexibility index (Phi) is 4.20. The van der Waals surface area contributed by atoms with Crippen molar-refractivity contribution in [2.24, 2.45) is 0 Å². The van der Waals surface area contributed by atoms with Crippen LogP contribution in [0.4, 0.5) is 5.69 Å². The van der Waals surface area contributed by atoms with Crippen LogP contribution in [0.2, 0.25) is 0 Å². The maximum atomic E-state index is 12.2. The first-order chi connectivity index (χ1) is 10.8. The molecular weight excluding hydrogens is 296 g/mol. The summed E-state index contributed by atoms with van der Waals surface area (Å²) in [5.74, 6) is -0.137. The van der Waals surface area contributed by atoms with Gasteiger partial charge in [0.25, 0.3) is 5.91 Å². The maximum absolute atomic E-state index is 12.2. The fourth-order valence-corrected chi connectivity index (χ4v) is 2.39. The molecule has 0 atom stereocenters. The van der Waals surface area contributed by atoms with Gasteiger partial charge in [0.15, 0.2) is 0 Å². The Hall–Kier alpha value is -2.60. The first kappa shape index (κ1) is 14.3. The minimum Gasteiger partial charge on any atom is -0.322 e. The summed E-state index contributed by atoms with van der Waals surface area (Å²) in [5, 5.41) is 6.93. The van der Waals surface area contributed by atoms with Crippen molar-refractivity contribution in [2.75, 3.05) is 11.6 Å². The highest BCUT2D eigenvalue weighted by Crippen LogP contribution is 2.18. The quantitative estimate of drug-likeness (QED) is 0.752. The Bertz CT molecular complexity index is 752. The largest absolute Gasteiger partial charge is 0.322 e. The molecule has 0 bridgehead atoms. The summed E-state index contributed by atoms with van der Waals surface area (Å²) in [6.07, 6.45) is 5.10. The SMILES string of the molecule is CSc1ccc(NC(=O)c2ccc(-n3cncn3)cc2)cc1. The van der Waals surface area contributed by atoms with Crippen molar-refractivity contribution < 1.29 is 4.79 Å². The third-order valence-corrected chi connectivity index (χ3v) is 3.90. The Balaban J connectivity index is 1.71. The number of anilines is 1. The Labute approximate surface area is 132 Å². The van der Waals surface area contributed by atoms with E-state index < -0.39 is 0 Å². The van der Waals surface area contributed by atoms with Gasteiger partial charge in [0.1, 0.15) is 12.7 Å². The predicted octanol–water partition coefficient (Wildman–Crippen LogP) is 3.24. The normalized spacial score (nSPS) is 10.4. The summed E-state index contributed by atoms with van der Waals surface area (Å²) in [6, 6.07) is 15.0. The van der Waals surface area contributed by atoms with Crippen molar-refractivity contribution in [1.29, 1.82) is 0 Å². The highest BCUT2D eigenvalue weighted by atomic mass is 32.2. The monoisotopic (exact) mass is 310 g/mol. The summed E-state index contributed by atoms with van der Waals surface area (Å²) in [5.41, 5.74) is 2.24. The Morgan fingerprint density at radius 2 is 1.82 bits per heavy atom. The Morgan fingerprint density at radius 3 is 2.41 bits per heavy atom. The van der Waals surface area contributed by atoms with Gasteiger partial charge in [-0.05, 0) is 54.8 Å². The van der Waals surface area contributed by atoms with Crippen LogP contribution in [0, 0.1) is 0 Å². The molecule has 0 saturated carbocycles. The van der Waals surface area contributed by atoms with Crippen LogP contribution >= 0.6 is 11.8 Å². The van der Waals surface area contributed by atoms with Crippen LogP contribution in [0.25, 0.3) is 5.69 Å². The molecule has 1 aromatic heterocycles. The van der Waals surface area contributed by atoms with Crippen molar-refractivity contribution >= 4 is 23.4 Å². The lowest BCUT2D eigenvalue weighted by Crippen LogP contribution is -2.11. The van der Waals surface area contributed by atoms with E-state index in [9.17, 15) is 4.79 Å². The van der Waals surface area contributed by atoms with E-state index in [2.05, 4.69) is 15.4 Å². The molecule has 3 rings (SSSR count). The predicted molar refractivity (Wildman–Crippen MR) is 87.5 cm³/mol. The third-order valence-electron chi connectivity index (χ3n) is 3.16.